The average molecular weight is 455 g/mol. The summed E-state index contributed by atoms with van der Waals surface area (Å²) < 4.78 is 10.8. The normalized spacial score (nSPS) is 13.5. The number of fused-ring (bicyclic) bond motifs is 3. The Morgan fingerprint density at radius 2 is 1.55 bits per heavy atom. The number of carbonyl (C=O) groups is 3. The molecule has 2 amide bonds. The summed E-state index contributed by atoms with van der Waals surface area (Å²) in [4.78, 5) is 42.4. The molecule has 8 nitrogen and oxygen atoms in total. The molecule has 0 saturated carbocycles. The van der Waals surface area contributed by atoms with Gasteiger partial charge in [0.05, 0.1) is 13.5 Å². The Kier molecular flexibility index (Phi) is 7.38. The van der Waals surface area contributed by atoms with Gasteiger partial charge in [-0.05, 0) is 43.0 Å². The summed E-state index contributed by atoms with van der Waals surface area (Å²) in [6.45, 7) is 5.26. The highest BCUT2D eigenvalue weighted by Gasteiger charge is 2.32. The van der Waals surface area contributed by atoms with Crippen LogP contribution in [-0.2, 0) is 23.9 Å². The number of nitrogens with one attached hydrogen (secondary N) is 1. The number of hydroxylamine groups is 2. The maximum absolute atomic E-state index is 12.6. The van der Waals surface area contributed by atoms with Crippen molar-refractivity contribution in [1.82, 2.24) is 10.4 Å². The monoisotopic (exact) mass is 454 g/mol. The van der Waals surface area contributed by atoms with Crippen LogP contribution in [0.5, 0.6) is 0 Å². The van der Waals surface area contributed by atoms with Crippen molar-refractivity contribution >= 4 is 18.0 Å². The van der Waals surface area contributed by atoms with Crippen molar-refractivity contribution in [2.24, 2.45) is 0 Å². The standard InChI is InChI=1S/C25H30N2O6/c1-25(2,3)33-22(28)14-21(23(29)27(4)31-5)26-24(30)32-15-20-18-12-8-6-10-16(18)17-11-7-9-13-19(17)20/h6-13,20-21H,14-15H2,1-5H3,(H,26,30)/t21-/m1/s1. The van der Waals surface area contributed by atoms with Gasteiger partial charge in [0.1, 0.15) is 18.2 Å². The molecular weight excluding hydrogens is 424 g/mol. The second kappa shape index (κ2) is 10.0. The fourth-order valence-electron chi connectivity index (χ4n) is 3.84. The summed E-state index contributed by atoms with van der Waals surface area (Å²) in [7, 11) is 2.71. The van der Waals surface area contributed by atoms with Crippen LogP contribution in [0.2, 0.25) is 0 Å². The van der Waals surface area contributed by atoms with Gasteiger partial charge in [-0.1, -0.05) is 48.5 Å². The minimum atomic E-state index is -1.19. The van der Waals surface area contributed by atoms with Crippen LogP contribution in [0.3, 0.4) is 0 Å². The Bertz CT molecular complexity index is 984. The first-order valence-electron chi connectivity index (χ1n) is 10.8. The summed E-state index contributed by atoms with van der Waals surface area (Å²) in [5.41, 5.74) is 3.66. The molecule has 8 heteroatoms. The van der Waals surface area contributed by atoms with Crippen LogP contribution in [0.25, 0.3) is 11.1 Å². The molecule has 0 aromatic heterocycles. The van der Waals surface area contributed by atoms with E-state index in [2.05, 4.69) is 5.32 Å². The van der Waals surface area contributed by atoms with Crippen LogP contribution in [0.1, 0.15) is 44.2 Å². The molecule has 0 spiro atoms. The largest absolute Gasteiger partial charge is 0.460 e. The zero-order chi connectivity index (χ0) is 24.2. The lowest BCUT2D eigenvalue weighted by Crippen LogP contribution is -2.49. The van der Waals surface area contributed by atoms with Crippen molar-refractivity contribution in [2.45, 2.75) is 44.8 Å². The van der Waals surface area contributed by atoms with Crippen molar-refractivity contribution in [2.75, 3.05) is 20.8 Å². The highest BCUT2D eigenvalue weighted by molar-refractivity contribution is 5.89. The van der Waals surface area contributed by atoms with Crippen LogP contribution >= 0.6 is 0 Å². The number of hydrogen-bond donors (Lipinski definition) is 1. The van der Waals surface area contributed by atoms with Gasteiger partial charge in [0, 0.05) is 13.0 Å². The molecule has 0 bridgehead atoms. The quantitative estimate of drug-likeness (QED) is 0.507. The van der Waals surface area contributed by atoms with Crippen molar-refractivity contribution in [3.63, 3.8) is 0 Å². The smallest absolute Gasteiger partial charge is 0.407 e. The molecule has 1 atom stereocenters. The van der Waals surface area contributed by atoms with E-state index < -0.39 is 29.6 Å². The minimum absolute atomic E-state index is 0.0906. The van der Waals surface area contributed by atoms with Crippen LogP contribution in [0, 0.1) is 0 Å². The fourth-order valence-corrected chi connectivity index (χ4v) is 3.84. The molecule has 3 rings (SSSR count). The molecule has 0 radical (unpaired) electrons. The molecule has 0 aliphatic heterocycles. The molecule has 33 heavy (non-hydrogen) atoms. The molecule has 2 aromatic rings. The van der Waals surface area contributed by atoms with E-state index in [0.717, 1.165) is 27.3 Å². The lowest BCUT2D eigenvalue weighted by Gasteiger charge is -2.24. The van der Waals surface area contributed by atoms with E-state index in [0.29, 0.717) is 0 Å². The highest BCUT2D eigenvalue weighted by atomic mass is 16.7. The van der Waals surface area contributed by atoms with E-state index in [1.54, 1.807) is 20.8 Å². The van der Waals surface area contributed by atoms with Crippen LogP contribution < -0.4 is 5.32 Å². The number of hydrogen-bond acceptors (Lipinski definition) is 6. The molecule has 176 valence electrons. The molecule has 1 N–H and O–H groups in total. The minimum Gasteiger partial charge on any atom is -0.460 e. The SMILES string of the molecule is CON(C)C(=O)[C@@H](CC(=O)OC(C)(C)C)NC(=O)OCC1c2ccccc2-c2ccccc21. The lowest BCUT2D eigenvalue weighted by atomic mass is 9.98. The number of amides is 2. The highest BCUT2D eigenvalue weighted by Crippen LogP contribution is 2.44. The van der Waals surface area contributed by atoms with Gasteiger partial charge in [-0.2, -0.15) is 0 Å². The third-order valence-electron chi connectivity index (χ3n) is 5.31. The zero-order valence-corrected chi connectivity index (χ0v) is 19.6. The predicted molar refractivity (Wildman–Crippen MR) is 122 cm³/mol. The number of esters is 1. The first-order chi connectivity index (χ1) is 15.6. The van der Waals surface area contributed by atoms with Gasteiger partial charge in [0.25, 0.3) is 5.91 Å². The topological polar surface area (TPSA) is 94.2 Å². The van der Waals surface area contributed by atoms with Gasteiger partial charge in [-0.3, -0.25) is 14.4 Å². The molecule has 1 aliphatic carbocycles. The Balaban J connectivity index is 1.69. The average Bonchev–Trinajstić information content (AvgIpc) is 3.08. The van der Waals surface area contributed by atoms with Gasteiger partial charge in [0.15, 0.2) is 0 Å². The molecular formula is C25H30N2O6. The second-order valence-electron chi connectivity index (χ2n) is 8.83. The molecule has 0 saturated heterocycles. The number of nitrogens with zero attached hydrogens (tertiary/aromatic N) is 1. The number of rotatable bonds is 7. The summed E-state index contributed by atoms with van der Waals surface area (Å²) in [6.07, 6.45) is -1.16. The van der Waals surface area contributed by atoms with Crippen LogP contribution in [-0.4, -0.2) is 55.4 Å². The van der Waals surface area contributed by atoms with E-state index >= 15 is 0 Å². The van der Waals surface area contributed by atoms with E-state index in [-0.39, 0.29) is 18.9 Å². The maximum Gasteiger partial charge on any atom is 0.407 e. The molecule has 0 unspecified atom stereocenters. The van der Waals surface area contributed by atoms with Gasteiger partial charge in [-0.15, -0.1) is 0 Å². The molecule has 0 heterocycles. The first kappa shape index (κ1) is 24.3. The van der Waals surface area contributed by atoms with Gasteiger partial charge in [-0.25, -0.2) is 9.86 Å². The van der Waals surface area contributed by atoms with Crippen molar-refractivity contribution in [3.8, 4) is 11.1 Å². The van der Waals surface area contributed by atoms with Crippen molar-refractivity contribution in [1.29, 1.82) is 0 Å². The number of alkyl carbamates (subject to hydrolysis) is 1. The number of likely N-dealkylation sites (N-methyl/N-ethyl adjacent to an activating group) is 1. The van der Waals surface area contributed by atoms with E-state index in [1.165, 1.54) is 14.2 Å². The van der Waals surface area contributed by atoms with E-state index in [4.69, 9.17) is 14.3 Å². The Morgan fingerprint density at radius 1 is 1.00 bits per heavy atom. The predicted octanol–water partition coefficient (Wildman–Crippen LogP) is 3.65. The first-order valence-corrected chi connectivity index (χ1v) is 10.8. The molecule has 2 aromatic carbocycles. The van der Waals surface area contributed by atoms with Crippen LogP contribution in [0.4, 0.5) is 4.79 Å². The van der Waals surface area contributed by atoms with E-state index in [9.17, 15) is 14.4 Å². The van der Waals surface area contributed by atoms with E-state index in [1.807, 2.05) is 48.5 Å². The summed E-state index contributed by atoms with van der Waals surface area (Å²) >= 11 is 0. The number of benzene rings is 2. The van der Waals surface area contributed by atoms with Gasteiger partial charge < -0.3 is 14.8 Å². The second-order valence-corrected chi connectivity index (χ2v) is 8.83. The Hall–Kier alpha value is -3.39. The van der Waals surface area contributed by atoms with Crippen LogP contribution in [0.15, 0.2) is 48.5 Å². The summed E-state index contributed by atoms with van der Waals surface area (Å²) in [5, 5.41) is 3.43. The zero-order valence-electron chi connectivity index (χ0n) is 19.6. The van der Waals surface area contributed by atoms with Crippen molar-refractivity contribution in [3.05, 3.63) is 59.7 Å². The fraction of sp³-hybridized carbons (Fsp3) is 0.400. The Labute approximate surface area is 193 Å². The van der Waals surface area contributed by atoms with Gasteiger partial charge in [0.2, 0.25) is 0 Å². The summed E-state index contributed by atoms with van der Waals surface area (Å²) in [6, 6.07) is 14.8. The molecule has 1 aliphatic rings. The summed E-state index contributed by atoms with van der Waals surface area (Å²) in [5.74, 6) is -1.34. The van der Waals surface area contributed by atoms with Gasteiger partial charge >= 0.3 is 12.1 Å². The Morgan fingerprint density at radius 3 is 2.06 bits per heavy atom. The third kappa shape index (κ3) is 5.90. The third-order valence-corrected chi connectivity index (χ3v) is 5.31. The lowest BCUT2D eigenvalue weighted by molar-refractivity contribution is -0.173. The number of ether oxygens (including phenoxy) is 2. The molecule has 0 fully saturated rings. The van der Waals surface area contributed by atoms with Crippen molar-refractivity contribution < 1.29 is 28.7 Å². The number of carbonyl (C=O) groups excluding carboxylic acids is 3. The maximum atomic E-state index is 12.6.